The minimum absolute atomic E-state index is 0.0174. The molecule has 2 aromatic heterocycles. The van der Waals surface area contributed by atoms with Crippen LogP contribution in [-0.2, 0) is 24.1 Å². The summed E-state index contributed by atoms with van der Waals surface area (Å²) in [6.45, 7) is 4.28. The fourth-order valence-electron chi connectivity index (χ4n) is 3.67. The highest BCUT2D eigenvalue weighted by atomic mass is 32.1. The lowest BCUT2D eigenvalue weighted by molar-refractivity contribution is 0.112. The first-order valence-corrected chi connectivity index (χ1v) is 9.56. The largest absolute Gasteiger partial charge is 0.447 e. The molecule has 0 fully saturated rings. The molecule has 1 N–H and O–H groups in total. The number of rotatable bonds is 4. The minimum atomic E-state index is -0.391. The zero-order valence-electron chi connectivity index (χ0n) is 15.1. The van der Waals surface area contributed by atoms with Crippen molar-refractivity contribution >= 4 is 28.7 Å². The number of benzene rings is 1. The molecule has 3 aromatic rings. The summed E-state index contributed by atoms with van der Waals surface area (Å²) >= 11 is 1.19. The second-order valence-electron chi connectivity index (χ2n) is 6.96. The van der Waals surface area contributed by atoms with Gasteiger partial charge in [0.25, 0.3) is 0 Å². The van der Waals surface area contributed by atoms with Gasteiger partial charge in [-0.05, 0) is 44.0 Å². The van der Waals surface area contributed by atoms with E-state index in [1.807, 2.05) is 32.0 Å². The molecule has 0 unspecified atom stereocenters. The Morgan fingerprint density at radius 1 is 1.48 bits per heavy atom. The van der Waals surface area contributed by atoms with Gasteiger partial charge in [-0.1, -0.05) is 0 Å². The molecule has 8 heteroatoms. The third-order valence-electron chi connectivity index (χ3n) is 4.70. The van der Waals surface area contributed by atoms with Gasteiger partial charge in [-0.25, -0.2) is 4.79 Å². The predicted octanol–water partition coefficient (Wildman–Crippen LogP) is 3.01. The molecule has 1 aliphatic carbocycles. The molecule has 4 rings (SSSR count). The Kier molecular flexibility index (Phi) is 4.54. The maximum Gasteiger partial charge on any atom is 0.407 e. The Balaban J connectivity index is 1.69. The number of alkyl carbamates (subject to hydrolysis) is 1. The van der Waals surface area contributed by atoms with Crippen LogP contribution in [0.25, 0.3) is 10.9 Å². The highest BCUT2D eigenvalue weighted by Gasteiger charge is 2.30. The fourth-order valence-corrected chi connectivity index (χ4v) is 4.10. The molecular formula is C19H19N5O2S. The van der Waals surface area contributed by atoms with Crippen molar-refractivity contribution in [3.8, 4) is 6.07 Å². The van der Waals surface area contributed by atoms with E-state index in [0.29, 0.717) is 12.1 Å². The molecule has 1 atom stereocenters. The summed E-state index contributed by atoms with van der Waals surface area (Å²) in [5.74, 6) is 0. The van der Waals surface area contributed by atoms with Gasteiger partial charge in [-0.3, -0.25) is 0 Å². The van der Waals surface area contributed by atoms with Crippen LogP contribution < -0.4 is 5.32 Å². The molecule has 1 aliphatic rings. The average Bonchev–Trinajstić information content (AvgIpc) is 3.32. The van der Waals surface area contributed by atoms with Crippen LogP contribution in [0.15, 0.2) is 24.4 Å². The second kappa shape index (κ2) is 7.00. The monoisotopic (exact) mass is 381 g/mol. The van der Waals surface area contributed by atoms with Crippen LogP contribution >= 0.6 is 11.7 Å². The Labute approximate surface area is 160 Å². The van der Waals surface area contributed by atoms with E-state index in [4.69, 9.17) is 4.74 Å². The lowest BCUT2D eigenvalue weighted by atomic mass is 10.1. The van der Waals surface area contributed by atoms with Gasteiger partial charge >= 0.3 is 6.09 Å². The van der Waals surface area contributed by atoms with Crippen molar-refractivity contribution in [3.63, 3.8) is 0 Å². The number of amides is 1. The van der Waals surface area contributed by atoms with Crippen molar-refractivity contribution < 1.29 is 9.53 Å². The van der Waals surface area contributed by atoms with Gasteiger partial charge in [0, 0.05) is 29.1 Å². The zero-order chi connectivity index (χ0) is 19.0. The Bertz CT molecular complexity index is 1030. The van der Waals surface area contributed by atoms with E-state index in [0.717, 1.165) is 29.4 Å². The number of aromatic nitrogens is 3. The van der Waals surface area contributed by atoms with E-state index in [9.17, 15) is 10.1 Å². The first-order chi connectivity index (χ1) is 13.0. The number of carbonyl (C=O) groups is 1. The van der Waals surface area contributed by atoms with Gasteiger partial charge in [0.05, 0.1) is 47.9 Å². The smallest absolute Gasteiger partial charge is 0.407 e. The zero-order valence-corrected chi connectivity index (χ0v) is 15.9. The molecule has 0 aliphatic heterocycles. The summed E-state index contributed by atoms with van der Waals surface area (Å²) in [6, 6.07) is 7.95. The summed E-state index contributed by atoms with van der Waals surface area (Å²) in [7, 11) is 0. The van der Waals surface area contributed by atoms with E-state index in [-0.39, 0.29) is 12.1 Å². The normalized spacial score (nSPS) is 15.7. The van der Waals surface area contributed by atoms with Crippen LogP contribution in [0.3, 0.4) is 0 Å². The fraction of sp³-hybridized carbons (Fsp3) is 0.368. The lowest BCUT2D eigenvalue weighted by Gasteiger charge is -2.15. The molecular weight excluding hydrogens is 362 g/mol. The van der Waals surface area contributed by atoms with Gasteiger partial charge in [0.1, 0.15) is 0 Å². The highest BCUT2D eigenvalue weighted by Crippen LogP contribution is 2.34. The van der Waals surface area contributed by atoms with E-state index >= 15 is 0 Å². The summed E-state index contributed by atoms with van der Waals surface area (Å²) in [6.07, 6.45) is 2.67. The van der Waals surface area contributed by atoms with E-state index in [1.54, 1.807) is 6.20 Å². The summed E-state index contributed by atoms with van der Waals surface area (Å²) in [5, 5.41) is 13.3. The third kappa shape index (κ3) is 3.38. The number of nitriles is 1. The molecule has 0 saturated heterocycles. The van der Waals surface area contributed by atoms with Crippen LogP contribution in [0.5, 0.6) is 0 Å². The van der Waals surface area contributed by atoms with Gasteiger partial charge in [-0.2, -0.15) is 14.0 Å². The lowest BCUT2D eigenvalue weighted by Crippen LogP contribution is -2.37. The third-order valence-corrected chi connectivity index (χ3v) is 5.21. The highest BCUT2D eigenvalue weighted by molar-refractivity contribution is 6.99. The van der Waals surface area contributed by atoms with Crippen molar-refractivity contribution in [2.75, 3.05) is 0 Å². The summed E-state index contributed by atoms with van der Waals surface area (Å²) in [5.41, 5.74) is 4.96. The van der Waals surface area contributed by atoms with Crippen molar-refractivity contribution in [1.29, 1.82) is 5.26 Å². The van der Waals surface area contributed by atoms with Gasteiger partial charge in [0.2, 0.25) is 0 Å². The quantitative estimate of drug-likeness (QED) is 0.750. The number of carbonyl (C=O) groups excluding carboxylic acids is 1. The molecule has 27 heavy (non-hydrogen) atoms. The van der Waals surface area contributed by atoms with Crippen LogP contribution in [0.2, 0.25) is 0 Å². The van der Waals surface area contributed by atoms with Crippen LogP contribution in [0.4, 0.5) is 4.79 Å². The number of ether oxygens (including phenoxy) is 1. The van der Waals surface area contributed by atoms with Crippen LogP contribution in [0.1, 0.15) is 36.4 Å². The maximum absolute atomic E-state index is 12.0. The number of hydrogen-bond acceptors (Lipinski definition) is 6. The maximum atomic E-state index is 12.0. The SMILES string of the molecule is CC(C)OC(=O)N[C@H]1Cc2c(n(Cc3cnsn3)c3ccc(C#N)cc23)C1. The molecule has 0 saturated carbocycles. The molecule has 2 heterocycles. The molecule has 0 radical (unpaired) electrons. The minimum Gasteiger partial charge on any atom is -0.447 e. The van der Waals surface area contributed by atoms with E-state index in [2.05, 4.69) is 24.7 Å². The Morgan fingerprint density at radius 2 is 2.33 bits per heavy atom. The van der Waals surface area contributed by atoms with Crippen molar-refractivity contribution in [1.82, 2.24) is 18.6 Å². The Morgan fingerprint density at radius 3 is 3.04 bits per heavy atom. The first-order valence-electron chi connectivity index (χ1n) is 8.83. The van der Waals surface area contributed by atoms with E-state index in [1.165, 1.54) is 23.0 Å². The van der Waals surface area contributed by atoms with Crippen molar-refractivity contribution in [3.05, 3.63) is 46.9 Å². The molecule has 1 aromatic carbocycles. The predicted molar refractivity (Wildman–Crippen MR) is 102 cm³/mol. The number of fused-ring (bicyclic) bond motifs is 3. The standard InChI is InChI=1S/C19H19N5O2S/c1-11(2)26-19(25)22-13-6-16-15-5-12(8-20)3-4-17(15)24(18(16)7-13)10-14-9-21-27-23-14/h3-5,9,11,13H,6-7,10H2,1-2H3,(H,22,25)/t13-/m0/s1. The van der Waals surface area contributed by atoms with Crippen LogP contribution in [-0.4, -0.2) is 31.6 Å². The molecule has 1 amide bonds. The topological polar surface area (TPSA) is 92.8 Å². The number of nitrogens with one attached hydrogen (secondary N) is 1. The molecule has 7 nitrogen and oxygen atoms in total. The van der Waals surface area contributed by atoms with Crippen molar-refractivity contribution in [2.24, 2.45) is 0 Å². The van der Waals surface area contributed by atoms with E-state index < -0.39 is 6.09 Å². The molecule has 0 spiro atoms. The first kappa shape index (κ1) is 17.5. The van der Waals surface area contributed by atoms with Crippen LogP contribution in [0, 0.1) is 11.3 Å². The molecule has 138 valence electrons. The Hall–Kier alpha value is -2.92. The van der Waals surface area contributed by atoms with Crippen molar-refractivity contribution in [2.45, 2.75) is 45.4 Å². The summed E-state index contributed by atoms with van der Waals surface area (Å²) < 4.78 is 15.8. The number of nitrogens with zero attached hydrogens (tertiary/aromatic N) is 4. The average molecular weight is 381 g/mol. The van der Waals surface area contributed by atoms with Gasteiger partial charge in [-0.15, -0.1) is 0 Å². The number of hydrogen-bond donors (Lipinski definition) is 1. The van der Waals surface area contributed by atoms with Gasteiger partial charge in [0.15, 0.2) is 0 Å². The molecule has 0 bridgehead atoms. The van der Waals surface area contributed by atoms with Gasteiger partial charge < -0.3 is 14.6 Å². The summed E-state index contributed by atoms with van der Waals surface area (Å²) in [4.78, 5) is 12.0. The second-order valence-corrected chi connectivity index (χ2v) is 7.51.